The first-order chi connectivity index (χ1) is 29.8. The second-order valence-electron chi connectivity index (χ2n) is 18.1. The van der Waals surface area contributed by atoms with Gasteiger partial charge in [0.15, 0.2) is 6.10 Å². The van der Waals surface area contributed by atoms with Gasteiger partial charge in [0.05, 0.1) is 13.2 Å². The molecule has 0 aliphatic carbocycles. The number of nitrogens with two attached hydrogens (primary N) is 1. The molecule has 9 nitrogen and oxygen atoms in total. The van der Waals surface area contributed by atoms with Gasteiger partial charge in [0, 0.05) is 19.4 Å². The van der Waals surface area contributed by atoms with E-state index in [1.165, 1.54) is 218 Å². The predicted octanol–water partition coefficient (Wildman–Crippen LogP) is 16.0. The normalized spacial score (nSPS) is 13.0. The van der Waals surface area contributed by atoms with Crippen LogP contribution in [0.2, 0.25) is 0 Å². The molecular weight excluding hydrogens is 786 g/mol. The van der Waals surface area contributed by atoms with Crippen LogP contribution in [-0.2, 0) is 32.7 Å². The molecule has 0 radical (unpaired) electrons. The topological polar surface area (TPSA) is 134 Å². The number of esters is 2. The van der Waals surface area contributed by atoms with Gasteiger partial charge >= 0.3 is 19.8 Å². The molecule has 61 heavy (non-hydrogen) atoms. The van der Waals surface area contributed by atoms with Crippen LogP contribution in [-0.4, -0.2) is 49.3 Å². The molecular formula is C51H102NO8P. The summed E-state index contributed by atoms with van der Waals surface area (Å²) in [6.07, 6.45) is 51.4. The van der Waals surface area contributed by atoms with Crippen LogP contribution in [0.3, 0.4) is 0 Å². The molecule has 2 unspecified atom stereocenters. The van der Waals surface area contributed by atoms with E-state index in [0.717, 1.165) is 32.1 Å². The predicted molar refractivity (Wildman–Crippen MR) is 257 cm³/mol. The van der Waals surface area contributed by atoms with Crippen molar-refractivity contribution in [3.05, 3.63) is 0 Å². The molecule has 0 fully saturated rings. The zero-order valence-electron chi connectivity index (χ0n) is 40.4. The van der Waals surface area contributed by atoms with Gasteiger partial charge in [-0.3, -0.25) is 18.6 Å². The number of phosphoric acid groups is 1. The fourth-order valence-corrected chi connectivity index (χ4v) is 8.82. The number of carbonyl (C=O) groups excluding carboxylic acids is 2. The van der Waals surface area contributed by atoms with Crippen LogP contribution in [0.1, 0.15) is 284 Å². The highest BCUT2D eigenvalue weighted by Crippen LogP contribution is 2.43. The Morgan fingerprint density at radius 2 is 0.705 bits per heavy atom. The lowest BCUT2D eigenvalue weighted by Gasteiger charge is -2.19. The molecule has 0 aromatic carbocycles. The van der Waals surface area contributed by atoms with Crippen LogP contribution in [0.15, 0.2) is 0 Å². The lowest BCUT2D eigenvalue weighted by Crippen LogP contribution is -2.29. The zero-order chi connectivity index (χ0) is 44.6. The Kier molecular flexibility index (Phi) is 47.7. The maximum Gasteiger partial charge on any atom is 0.472 e. The smallest absolute Gasteiger partial charge is 0.462 e. The van der Waals surface area contributed by atoms with E-state index in [2.05, 4.69) is 13.8 Å². The van der Waals surface area contributed by atoms with E-state index in [1.54, 1.807) is 0 Å². The second-order valence-corrected chi connectivity index (χ2v) is 19.6. The van der Waals surface area contributed by atoms with Gasteiger partial charge in [-0.15, -0.1) is 0 Å². The highest BCUT2D eigenvalue weighted by atomic mass is 31.2. The number of hydrogen-bond acceptors (Lipinski definition) is 8. The average molecular weight is 888 g/mol. The molecule has 0 amide bonds. The molecule has 10 heteroatoms. The van der Waals surface area contributed by atoms with Gasteiger partial charge in [0.1, 0.15) is 6.61 Å². The van der Waals surface area contributed by atoms with E-state index in [-0.39, 0.29) is 38.6 Å². The molecule has 0 aromatic rings. The van der Waals surface area contributed by atoms with Gasteiger partial charge in [-0.25, -0.2) is 4.57 Å². The first-order valence-electron chi connectivity index (χ1n) is 26.5. The maximum absolute atomic E-state index is 12.7. The molecule has 0 saturated carbocycles. The molecule has 2 atom stereocenters. The molecule has 0 bridgehead atoms. The highest BCUT2D eigenvalue weighted by Gasteiger charge is 2.26. The van der Waals surface area contributed by atoms with Crippen LogP contribution in [0.4, 0.5) is 0 Å². The highest BCUT2D eigenvalue weighted by molar-refractivity contribution is 7.47. The first kappa shape index (κ1) is 60.0. The summed E-state index contributed by atoms with van der Waals surface area (Å²) in [4.78, 5) is 35.1. The Morgan fingerprint density at radius 1 is 0.426 bits per heavy atom. The van der Waals surface area contributed by atoms with Gasteiger partial charge < -0.3 is 20.1 Å². The van der Waals surface area contributed by atoms with Crippen molar-refractivity contribution in [1.29, 1.82) is 0 Å². The molecule has 0 aliphatic heterocycles. The fraction of sp³-hybridized carbons (Fsp3) is 0.961. The van der Waals surface area contributed by atoms with Crippen LogP contribution in [0.25, 0.3) is 0 Å². The standard InChI is InChI=1S/C51H102NO8P/c1-3-5-7-9-11-13-15-17-19-21-23-24-25-26-28-30-32-34-36-38-40-42-44-51(54)60-49(48-59-61(55,56)58-46-45-52)47-57-50(53)43-41-39-37-35-33-31-29-27-22-20-18-16-14-12-10-8-6-4-2/h49H,3-48,52H2,1-2H3,(H,55,56). The van der Waals surface area contributed by atoms with Crippen LogP contribution in [0.5, 0.6) is 0 Å². The van der Waals surface area contributed by atoms with Crippen LogP contribution >= 0.6 is 7.82 Å². The average Bonchev–Trinajstić information content (AvgIpc) is 3.25. The lowest BCUT2D eigenvalue weighted by molar-refractivity contribution is -0.161. The molecule has 3 N–H and O–H groups in total. The summed E-state index contributed by atoms with van der Waals surface area (Å²) in [6, 6.07) is 0. The van der Waals surface area contributed by atoms with Crippen molar-refractivity contribution in [1.82, 2.24) is 0 Å². The molecule has 0 heterocycles. The van der Waals surface area contributed by atoms with Crippen molar-refractivity contribution < 1.29 is 37.6 Å². The number of ether oxygens (including phenoxy) is 2. The summed E-state index contributed by atoms with van der Waals surface area (Å²) >= 11 is 0. The lowest BCUT2D eigenvalue weighted by atomic mass is 10.0. The van der Waals surface area contributed by atoms with Gasteiger partial charge in [0.2, 0.25) is 0 Å². The van der Waals surface area contributed by atoms with E-state index in [4.69, 9.17) is 24.3 Å². The Hall–Kier alpha value is -0.990. The molecule has 364 valence electrons. The third-order valence-electron chi connectivity index (χ3n) is 12.0. The summed E-state index contributed by atoms with van der Waals surface area (Å²) in [7, 11) is -4.37. The number of hydrogen-bond donors (Lipinski definition) is 2. The number of phosphoric ester groups is 1. The molecule has 0 rings (SSSR count). The first-order valence-corrected chi connectivity index (χ1v) is 28.0. The van der Waals surface area contributed by atoms with Crippen molar-refractivity contribution in [3.63, 3.8) is 0 Å². The van der Waals surface area contributed by atoms with Crippen molar-refractivity contribution in [2.24, 2.45) is 5.73 Å². The maximum atomic E-state index is 12.7. The third kappa shape index (κ3) is 48.3. The number of carbonyl (C=O) groups is 2. The summed E-state index contributed by atoms with van der Waals surface area (Å²) in [5.74, 6) is -0.805. The van der Waals surface area contributed by atoms with Gasteiger partial charge in [-0.2, -0.15) is 0 Å². The quantitative estimate of drug-likeness (QED) is 0.0348. The van der Waals surface area contributed by atoms with Crippen molar-refractivity contribution in [2.45, 2.75) is 290 Å². The van der Waals surface area contributed by atoms with E-state index in [1.807, 2.05) is 0 Å². The molecule has 0 saturated heterocycles. The Morgan fingerprint density at radius 3 is 1.00 bits per heavy atom. The summed E-state index contributed by atoms with van der Waals surface area (Å²) in [5.41, 5.74) is 5.37. The van der Waals surface area contributed by atoms with Gasteiger partial charge in [0.25, 0.3) is 0 Å². The van der Waals surface area contributed by atoms with E-state index in [9.17, 15) is 19.0 Å². The number of rotatable bonds is 51. The molecule has 0 aromatic heterocycles. The molecule has 0 spiro atoms. The van der Waals surface area contributed by atoms with E-state index in [0.29, 0.717) is 6.42 Å². The van der Waals surface area contributed by atoms with Gasteiger partial charge in [-0.05, 0) is 12.8 Å². The van der Waals surface area contributed by atoms with Crippen molar-refractivity contribution in [3.8, 4) is 0 Å². The van der Waals surface area contributed by atoms with Crippen LogP contribution in [0, 0.1) is 0 Å². The Balaban J connectivity index is 3.96. The zero-order valence-corrected chi connectivity index (χ0v) is 41.3. The minimum atomic E-state index is -4.37. The Labute approximate surface area is 377 Å². The van der Waals surface area contributed by atoms with Crippen molar-refractivity contribution in [2.75, 3.05) is 26.4 Å². The van der Waals surface area contributed by atoms with Crippen molar-refractivity contribution >= 4 is 19.8 Å². The monoisotopic (exact) mass is 888 g/mol. The third-order valence-corrected chi connectivity index (χ3v) is 13.0. The second kappa shape index (κ2) is 48.5. The molecule has 0 aliphatic rings. The minimum absolute atomic E-state index is 0.0584. The summed E-state index contributed by atoms with van der Waals surface area (Å²) in [6.45, 7) is 3.81. The Bertz CT molecular complexity index is 969. The number of unbranched alkanes of at least 4 members (excludes halogenated alkanes) is 38. The minimum Gasteiger partial charge on any atom is -0.462 e. The SMILES string of the molecule is CCCCCCCCCCCCCCCCCCCCCCCCC(=O)OC(COC(=O)CCCCCCCCCCCCCCCCCCCC)COP(=O)(O)OCCN. The van der Waals surface area contributed by atoms with E-state index >= 15 is 0 Å². The largest absolute Gasteiger partial charge is 0.472 e. The van der Waals surface area contributed by atoms with Gasteiger partial charge in [-0.1, -0.05) is 258 Å². The fourth-order valence-electron chi connectivity index (χ4n) is 8.05. The van der Waals surface area contributed by atoms with Crippen LogP contribution < -0.4 is 5.73 Å². The summed E-state index contributed by atoms with van der Waals surface area (Å²) in [5, 5.41) is 0. The summed E-state index contributed by atoms with van der Waals surface area (Å²) < 4.78 is 33.0. The van der Waals surface area contributed by atoms with E-state index < -0.39 is 26.5 Å².